The van der Waals surface area contributed by atoms with Crippen molar-refractivity contribution in [3.63, 3.8) is 0 Å². The summed E-state index contributed by atoms with van der Waals surface area (Å²) in [6, 6.07) is 6.07. The Balaban J connectivity index is 2.67. The molecule has 2 rings (SSSR count). The molecule has 0 bridgehead atoms. The Morgan fingerprint density at radius 3 is 2.21 bits per heavy atom. The van der Waals surface area contributed by atoms with Crippen LogP contribution >= 0.6 is 15.5 Å². The van der Waals surface area contributed by atoms with E-state index in [-0.39, 0.29) is 43.0 Å². The van der Waals surface area contributed by atoms with Crippen LogP contribution in [0.2, 0.25) is 0 Å². The lowest BCUT2D eigenvalue weighted by molar-refractivity contribution is 0.0941. The first kappa shape index (κ1) is 23.8. The third-order valence-corrected chi connectivity index (χ3v) is 7.62. The number of hydrogen-bond donors (Lipinski definition) is 1. The Bertz CT molecular complexity index is 844. The van der Waals surface area contributed by atoms with Crippen molar-refractivity contribution in [2.24, 2.45) is 0 Å². The third-order valence-electron chi connectivity index (χ3n) is 3.53. The number of nitrogens with zero attached hydrogens (tertiary/aromatic N) is 3. The Morgan fingerprint density at radius 2 is 1.72 bits per heavy atom. The minimum absolute atomic E-state index is 0.0634. The molecule has 0 aromatic carbocycles. The number of hydrogen-bond acceptors (Lipinski definition) is 9. The van der Waals surface area contributed by atoms with Gasteiger partial charge in [-0.15, -0.1) is 0 Å². The van der Waals surface area contributed by atoms with E-state index in [0.717, 1.165) is 4.68 Å². The van der Waals surface area contributed by atoms with Gasteiger partial charge in [0.25, 0.3) is 11.3 Å². The predicted molar refractivity (Wildman–Crippen MR) is 109 cm³/mol. The molecule has 0 radical (unpaired) electrons. The summed E-state index contributed by atoms with van der Waals surface area (Å²) >= 11 is 0. The summed E-state index contributed by atoms with van der Waals surface area (Å²) in [6.07, 6.45) is 1.45. The second kappa shape index (κ2) is 10.5. The van der Waals surface area contributed by atoms with Gasteiger partial charge in [0, 0.05) is 12.3 Å². The molecule has 0 atom stereocenters. The van der Waals surface area contributed by atoms with E-state index in [0.29, 0.717) is 0 Å². The fourth-order valence-electron chi connectivity index (χ4n) is 2.47. The van der Waals surface area contributed by atoms with E-state index in [1.54, 1.807) is 39.8 Å². The van der Waals surface area contributed by atoms with Crippen LogP contribution in [0.15, 0.2) is 30.5 Å². The summed E-state index contributed by atoms with van der Waals surface area (Å²) in [5.41, 5.74) is -0.115. The highest BCUT2D eigenvalue weighted by Gasteiger charge is 2.51. The van der Waals surface area contributed by atoms with Crippen LogP contribution in [0.4, 0.5) is 0 Å². The average Bonchev–Trinajstić information content (AvgIpc) is 3.16. The topological polar surface area (TPSA) is 122 Å². The quantitative estimate of drug-likeness (QED) is 0.518. The molecule has 0 aliphatic carbocycles. The molecule has 0 aliphatic heterocycles. The van der Waals surface area contributed by atoms with Crippen molar-refractivity contribution in [1.29, 1.82) is 0 Å². The molecule has 0 aliphatic rings. The highest BCUT2D eigenvalue weighted by molar-refractivity contribution is 7.68. The molecule has 29 heavy (non-hydrogen) atoms. The minimum Gasteiger partial charge on any atom is -0.304 e. The molecule has 2 aromatic heterocycles. The maximum atomic E-state index is 13.2. The highest BCUT2D eigenvalue weighted by Crippen LogP contribution is 2.56. The maximum absolute atomic E-state index is 13.2. The second-order valence-corrected chi connectivity index (χ2v) is 9.47. The highest BCUT2D eigenvalue weighted by atomic mass is 31.2. The molecular formula is C17H26N3O7P2+. The largest absolute Gasteiger partial charge is 0.466 e. The number of carbonyl (C=O) groups excluding carboxylic acids is 1. The molecule has 1 N–H and O–H groups in total. The van der Waals surface area contributed by atoms with Crippen molar-refractivity contribution in [1.82, 2.24) is 14.8 Å². The van der Waals surface area contributed by atoms with Crippen molar-refractivity contribution in [2.45, 2.75) is 27.7 Å². The van der Waals surface area contributed by atoms with E-state index in [2.05, 4.69) is 10.1 Å². The lowest BCUT2D eigenvalue weighted by Gasteiger charge is -2.15. The zero-order chi connectivity index (χ0) is 21.5. The number of pyridine rings is 1. The summed E-state index contributed by atoms with van der Waals surface area (Å²) in [4.78, 5) is 28.1. The van der Waals surface area contributed by atoms with E-state index in [9.17, 15) is 14.3 Å². The first-order valence-electron chi connectivity index (χ1n) is 9.22. The Hall–Kier alpha value is -1.51. The van der Waals surface area contributed by atoms with E-state index >= 15 is 0 Å². The molecule has 0 spiro atoms. The molecule has 0 fully saturated rings. The summed E-state index contributed by atoms with van der Waals surface area (Å²) in [5.74, 6) is -0.649. The van der Waals surface area contributed by atoms with Gasteiger partial charge in [0.1, 0.15) is 5.69 Å². The molecule has 0 saturated carbocycles. The van der Waals surface area contributed by atoms with Gasteiger partial charge >= 0.3 is 15.5 Å². The monoisotopic (exact) mass is 446 g/mol. The number of aromatic nitrogens is 3. The van der Waals surface area contributed by atoms with E-state index in [1.807, 2.05) is 0 Å². The van der Waals surface area contributed by atoms with Crippen molar-refractivity contribution in [2.75, 3.05) is 26.4 Å². The summed E-state index contributed by atoms with van der Waals surface area (Å²) in [6.45, 7) is 7.12. The molecule has 12 heteroatoms. The van der Waals surface area contributed by atoms with Crippen LogP contribution in [0.3, 0.4) is 0 Å². The first-order chi connectivity index (χ1) is 13.8. The van der Waals surface area contributed by atoms with Gasteiger partial charge in [-0.05, 0) is 39.8 Å². The summed E-state index contributed by atoms with van der Waals surface area (Å²) < 4.78 is 35.7. The lowest BCUT2D eigenvalue weighted by atomic mass is 10.3. The normalized spacial score (nSPS) is 12.3. The van der Waals surface area contributed by atoms with Gasteiger partial charge < -0.3 is 9.05 Å². The van der Waals surface area contributed by atoms with Gasteiger partial charge in [0.2, 0.25) is 0 Å². The second-order valence-electron chi connectivity index (χ2n) is 5.48. The maximum Gasteiger partial charge on any atom is 0.466 e. The van der Waals surface area contributed by atoms with Crippen LogP contribution in [-0.4, -0.2) is 52.0 Å². The fourth-order valence-corrected chi connectivity index (χ4v) is 5.77. The van der Waals surface area contributed by atoms with Crippen LogP contribution in [0.25, 0.3) is 0 Å². The summed E-state index contributed by atoms with van der Waals surface area (Å²) in [5, 5.41) is 4.15. The van der Waals surface area contributed by atoms with Gasteiger partial charge in [-0.25, -0.2) is 0 Å². The zero-order valence-electron chi connectivity index (χ0n) is 16.8. The van der Waals surface area contributed by atoms with Crippen LogP contribution < -0.4 is 10.9 Å². The molecule has 2 aromatic rings. The van der Waals surface area contributed by atoms with Crippen molar-refractivity contribution < 1.29 is 32.3 Å². The van der Waals surface area contributed by atoms with Gasteiger partial charge in [0.05, 0.1) is 26.4 Å². The standard InChI is InChI=1S/C17H26N3O7P2/c1-5-24-28(22,25-6-2)15-13-16(29(23,26-7-3)27-8-4)20(19-15)17(21)14-11-9-10-12-18-14/h9-13,23H,5-8H2,1-4H3/q+1. The predicted octanol–water partition coefficient (Wildman–Crippen LogP) is 2.31. The molecule has 0 unspecified atom stereocenters. The number of rotatable bonds is 11. The van der Waals surface area contributed by atoms with Crippen LogP contribution in [0, 0.1) is 0 Å². The lowest BCUT2D eigenvalue weighted by Crippen LogP contribution is -2.30. The van der Waals surface area contributed by atoms with Gasteiger partial charge in [-0.1, -0.05) is 6.07 Å². The van der Waals surface area contributed by atoms with Crippen molar-refractivity contribution >= 4 is 32.3 Å². The van der Waals surface area contributed by atoms with Crippen LogP contribution in [0.1, 0.15) is 38.2 Å². The Labute approximate surface area is 170 Å². The van der Waals surface area contributed by atoms with Gasteiger partial charge in [-0.2, -0.15) is 23.7 Å². The SMILES string of the molecule is CCOP(=O)(OCC)c1cc([P+](O)(OCC)OCC)n(C(=O)c2ccccn2)n1. The zero-order valence-corrected chi connectivity index (χ0v) is 18.6. The molecule has 2 heterocycles. The van der Waals surface area contributed by atoms with Crippen LogP contribution in [-0.2, 0) is 22.7 Å². The third kappa shape index (κ3) is 5.35. The average molecular weight is 446 g/mol. The molecular weight excluding hydrogens is 420 g/mol. The number of carbonyl (C=O) groups is 1. The van der Waals surface area contributed by atoms with Crippen molar-refractivity contribution in [3.05, 3.63) is 36.2 Å². The molecule has 0 amide bonds. The molecule has 0 saturated heterocycles. The van der Waals surface area contributed by atoms with Gasteiger partial charge in [0.15, 0.2) is 5.44 Å². The van der Waals surface area contributed by atoms with Gasteiger partial charge in [-0.3, -0.25) is 14.3 Å². The molecule has 160 valence electrons. The smallest absolute Gasteiger partial charge is 0.304 e. The van der Waals surface area contributed by atoms with Crippen molar-refractivity contribution in [3.8, 4) is 0 Å². The fraction of sp³-hybridized carbons (Fsp3) is 0.471. The van der Waals surface area contributed by atoms with E-state index in [4.69, 9.17) is 18.1 Å². The van der Waals surface area contributed by atoms with Crippen LogP contribution in [0.5, 0.6) is 0 Å². The van der Waals surface area contributed by atoms with E-state index in [1.165, 1.54) is 18.3 Å². The Morgan fingerprint density at radius 1 is 1.10 bits per heavy atom. The first-order valence-corrected chi connectivity index (χ1v) is 12.3. The summed E-state index contributed by atoms with van der Waals surface area (Å²) in [7, 11) is -7.53. The Kier molecular flexibility index (Phi) is 8.60. The van der Waals surface area contributed by atoms with E-state index < -0.39 is 21.4 Å². The minimum atomic E-state index is -3.83. The molecule has 10 nitrogen and oxygen atoms in total.